The Morgan fingerprint density at radius 3 is 3.00 bits per heavy atom. The van der Waals surface area contributed by atoms with Gasteiger partial charge in [-0.25, -0.2) is 4.39 Å². The molecule has 100 valence electrons. The van der Waals surface area contributed by atoms with Crippen molar-refractivity contribution in [2.75, 3.05) is 26.2 Å². The van der Waals surface area contributed by atoms with Crippen LogP contribution in [0.2, 0.25) is 0 Å². The largest absolute Gasteiger partial charge is 0.376 e. The number of aryl methyl sites for hydroxylation is 1. The highest BCUT2D eigenvalue weighted by molar-refractivity contribution is 5.27. The van der Waals surface area contributed by atoms with E-state index in [0.717, 1.165) is 18.7 Å². The zero-order chi connectivity index (χ0) is 13.1. The van der Waals surface area contributed by atoms with Crippen LogP contribution in [0.15, 0.2) is 18.2 Å². The van der Waals surface area contributed by atoms with Crippen LogP contribution in [-0.2, 0) is 4.74 Å². The molecule has 1 aromatic rings. The maximum atomic E-state index is 13.9. The first-order valence-electron chi connectivity index (χ1n) is 6.43. The summed E-state index contributed by atoms with van der Waals surface area (Å²) >= 11 is 0. The van der Waals surface area contributed by atoms with Crippen molar-refractivity contribution in [3.05, 3.63) is 35.1 Å². The van der Waals surface area contributed by atoms with Gasteiger partial charge < -0.3 is 10.5 Å². The van der Waals surface area contributed by atoms with Gasteiger partial charge >= 0.3 is 0 Å². The van der Waals surface area contributed by atoms with E-state index in [4.69, 9.17) is 10.5 Å². The summed E-state index contributed by atoms with van der Waals surface area (Å²) in [6.45, 7) is 6.72. The van der Waals surface area contributed by atoms with Crippen LogP contribution < -0.4 is 5.73 Å². The van der Waals surface area contributed by atoms with Crippen molar-refractivity contribution in [1.82, 2.24) is 4.90 Å². The number of benzene rings is 1. The summed E-state index contributed by atoms with van der Waals surface area (Å²) in [6, 6.07) is 5.15. The Balaban J connectivity index is 2.24. The van der Waals surface area contributed by atoms with Crippen molar-refractivity contribution in [1.29, 1.82) is 0 Å². The molecule has 1 aromatic carbocycles. The smallest absolute Gasteiger partial charge is 0.128 e. The fourth-order valence-electron chi connectivity index (χ4n) is 2.52. The van der Waals surface area contributed by atoms with Crippen molar-refractivity contribution in [2.24, 2.45) is 5.73 Å². The van der Waals surface area contributed by atoms with Gasteiger partial charge in [-0.15, -0.1) is 0 Å². The van der Waals surface area contributed by atoms with Crippen LogP contribution in [0.3, 0.4) is 0 Å². The Morgan fingerprint density at radius 1 is 1.56 bits per heavy atom. The van der Waals surface area contributed by atoms with Crippen LogP contribution >= 0.6 is 0 Å². The van der Waals surface area contributed by atoms with Crippen LogP contribution in [0.25, 0.3) is 0 Å². The summed E-state index contributed by atoms with van der Waals surface area (Å²) in [5.74, 6) is -0.171. The number of nitrogens with two attached hydrogens (primary N) is 1. The average Bonchev–Trinajstić information content (AvgIpc) is 2.35. The molecule has 1 aliphatic heterocycles. The quantitative estimate of drug-likeness (QED) is 0.892. The van der Waals surface area contributed by atoms with E-state index in [2.05, 4.69) is 4.90 Å². The molecule has 2 unspecified atom stereocenters. The standard InChI is InChI=1S/C14H21FN2O/c1-10-3-4-13(15)12(7-10)14(8-16)17-5-6-18-11(2)9-17/h3-4,7,11,14H,5-6,8-9,16H2,1-2H3. The first kappa shape index (κ1) is 13.5. The first-order valence-corrected chi connectivity index (χ1v) is 6.43. The average molecular weight is 252 g/mol. The molecule has 4 heteroatoms. The van der Waals surface area contributed by atoms with E-state index in [1.807, 2.05) is 19.9 Å². The normalized spacial score (nSPS) is 23.0. The Hall–Kier alpha value is -0.970. The van der Waals surface area contributed by atoms with E-state index in [1.165, 1.54) is 6.07 Å². The molecule has 0 spiro atoms. The molecule has 2 rings (SSSR count). The molecule has 1 saturated heterocycles. The van der Waals surface area contributed by atoms with Crippen molar-refractivity contribution >= 4 is 0 Å². The second-order valence-corrected chi connectivity index (χ2v) is 4.95. The molecule has 0 radical (unpaired) electrons. The van der Waals surface area contributed by atoms with Gasteiger partial charge in [0.1, 0.15) is 5.82 Å². The first-order chi connectivity index (χ1) is 8.61. The lowest BCUT2D eigenvalue weighted by molar-refractivity contribution is -0.0337. The molecule has 1 aliphatic rings. The summed E-state index contributed by atoms with van der Waals surface area (Å²) in [5.41, 5.74) is 7.61. The minimum absolute atomic E-state index is 0.0590. The summed E-state index contributed by atoms with van der Waals surface area (Å²) in [7, 11) is 0. The molecule has 0 bridgehead atoms. The highest BCUT2D eigenvalue weighted by atomic mass is 19.1. The van der Waals surface area contributed by atoms with Gasteiger partial charge in [-0.2, -0.15) is 0 Å². The Bertz CT molecular complexity index is 411. The van der Waals surface area contributed by atoms with Crippen molar-refractivity contribution < 1.29 is 9.13 Å². The molecule has 1 fully saturated rings. The van der Waals surface area contributed by atoms with Gasteiger partial charge in [0, 0.05) is 25.2 Å². The van der Waals surface area contributed by atoms with Gasteiger partial charge in [0.25, 0.3) is 0 Å². The Labute approximate surface area is 108 Å². The van der Waals surface area contributed by atoms with Crippen molar-refractivity contribution in [3.8, 4) is 0 Å². The Morgan fingerprint density at radius 2 is 2.33 bits per heavy atom. The third-order valence-electron chi connectivity index (χ3n) is 3.45. The molecule has 0 aliphatic carbocycles. The highest BCUT2D eigenvalue weighted by Crippen LogP contribution is 2.25. The van der Waals surface area contributed by atoms with E-state index >= 15 is 0 Å². The maximum absolute atomic E-state index is 13.9. The van der Waals surface area contributed by atoms with Crippen LogP contribution in [0.4, 0.5) is 4.39 Å². The van der Waals surface area contributed by atoms with Crippen LogP contribution in [0.1, 0.15) is 24.1 Å². The van der Waals surface area contributed by atoms with Gasteiger partial charge in [-0.3, -0.25) is 4.90 Å². The predicted molar refractivity (Wildman–Crippen MR) is 69.9 cm³/mol. The van der Waals surface area contributed by atoms with Gasteiger partial charge in [-0.05, 0) is 19.9 Å². The van der Waals surface area contributed by atoms with Gasteiger partial charge in [0.05, 0.1) is 18.8 Å². The second-order valence-electron chi connectivity index (χ2n) is 4.95. The van der Waals surface area contributed by atoms with E-state index in [1.54, 1.807) is 6.07 Å². The SMILES string of the molecule is Cc1ccc(F)c(C(CN)N2CCOC(C)C2)c1. The molecular formula is C14H21FN2O. The second kappa shape index (κ2) is 5.78. The summed E-state index contributed by atoms with van der Waals surface area (Å²) in [5, 5.41) is 0. The van der Waals surface area contributed by atoms with Gasteiger partial charge in [0.15, 0.2) is 0 Å². The van der Waals surface area contributed by atoms with E-state index in [-0.39, 0.29) is 18.0 Å². The van der Waals surface area contributed by atoms with Crippen molar-refractivity contribution in [3.63, 3.8) is 0 Å². The topological polar surface area (TPSA) is 38.5 Å². The molecule has 2 atom stereocenters. The lowest BCUT2D eigenvalue weighted by atomic mass is 10.0. The lowest BCUT2D eigenvalue weighted by Crippen LogP contribution is -2.45. The van der Waals surface area contributed by atoms with E-state index in [0.29, 0.717) is 18.7 Å². The fraction of sp³-hybridized carbons (Fsp3) is 0.571. The molecule has 0 aromatic heterocycles. The highest BCUT2D eigenvalue weighted by Gasteiger charge is 2.26. The van der Waals surface area contributed by atoms with Crippen molar-refractivity contribution in [2.45, 2.75) is 26.0 Å². The third kappa shape index (κ3) is 2.88. The number of nitrogens with zero attached hydrogens (tertiary/aromatic N) is 1. The third-order valence-corrected chi connectivity index (χ3v) is 3.45. The number of halogens is 1. The number of hydrogen-bond acceptors (Lipinski definition) is 3. The van der Waals surface area contributed by atoms with Crippen LogP contribution in [0, 0.1) is 12.7 Å². The molecule has 2 N–H and O–H groups in total. The summed E-state index contributed by atoms with van der Waals surface area (Å²) in [6.07, 6.45) is 0.181. The van der Waals surface area contributed by atoms with Crippen LogP contribution in [0.5, 0.6) is 0 Å². The lowest BCUT2D eigenvalue weighted by Gasteiger charge is -2.37. The summed E-state index contributed by atoms with van der Waals surface area (Å²) in [4.78, 5) is 2.21. The number of ether oxygens (including phenoxy) is 1. The predicted octanol–water partition coefficient (Wildman–Crippen LogP) is 1.85. The number of morpholine rings is 1. The number of hydrogen-bond donors (Lipinski definition) is 1. The minimum Gasteiger partial charge on any atom is -0.376 e. The Kier molecular flexibility index (Phi) is 4.32. The zero-order valence-electron chi connectivity index (χ0n) is 11.0. The molecule has 0 amide bonds. The monoisotopic (exact) mass is 252 g/mol. The van der Waals surface area contributed by atoms with Gasteiger partial charge in [0.2, 0.25) is 0 Å². The molecule has 3 nitrogen and oxygen atoms in total. The molecule has 1 heterocycles. The molecular weight excluding hydrogens is 231 g/mol. The minimum atomic E-state index is -0.171. The fourth-order valence-corrected chi connectivity index (χ4v) is 2.52. The van der Waals surface area contributed by atoms with E-state index in [9.17, 15) is 4.39 Å². The molecule has 0 saturated carbocycles. The number of rotatable bonds is 3. The maximum Gasteiger partial charge on any atom is 0.128 e. The molecule has 18 heavy (non-hydrogen) atoms. The van der Waals surface area contributed by atoms with Gasteiger partial charge in [-0.1, -0.05) is 17.7 Å². The summed E-state index contributed by atoms with van der Waals surface area (Å²) < 4.78 is 19.5. The van der Waals surface area contributed by atoms with Crippen LogP contribution in [-0.4, -0.2) is 37.2 Å². The zero-order valence-corrected chi connectivity index (χ0v) is 11.0. The van der Waals surface area contributed by atoms with E-state index < -0.39 is 0 Å².